The highest BCUT2D eigenvalue weighted by molar-refractivity contribution is 5.89. The molecular formula is C24H21N5O2. The van der Waals surface area contributed by atoms with Crippen LogP contribution in [0.5, 0.6) is 0 Å². The molecule has 0 atom stereocenters. The maximum Gasteiger partial charge on any atom is 0.337 e. The van der Waals surface area contributed by atoms with E-state index in [1.54, 1.807) is 30.7 Å². The van der Waals surface area contributed by atoms with Crippen LogP contribution >= 0.6 is 0 Å². The maximum atomic E-state index is 11.5. The second-order valence-electron chi connectivity index (χ2n) is 6.76. The van der Waals surface area contributed by atoms with Crippen LogP contribution < -0.4 is 10.6 Å². The third-order valence-electron chi connectivity index (χ3n) is 4.60. The molecule has 0 saturated carbocycles. The highest BCUT2D eigenvalue weighted by Crippen LogP contribution is 2.21. The number of nitrogens with zero attached hydrogens (tertiary/aromatic N) is 3. The molecule has 0 fully saturated rings. The number of anilines is 3. The molecule has 7 heteroatoms. The molecule has 0 aliphatic carbocycles. The average Bonchev–Trinajstić information content (AvgIpc) is 2.83. The van der Waals surface area contributed by atoms with Crippen LogP contribution in [0, 0.1) is 0 Å². The number of pyridine rings is 1. The second-order valence-corrected chi connectivity index (χ2v) is 6.76. The van der Waals surface area contributed by atoms with E-state index in [9.17, 15) is 4.79 Å². The van der Waals surface area contributed by atoms with E-state index >= 15 is 0 Å². The van der Waals surface area contributed by atoms with Crippen molar-refractivity contribution in [3.63, 3.8) is 0 Å². The lowest BCUT2D eigenvalue weighted by atomic mass is 10.1. The number of nitrogens with one attached hydrogen (secondary N) is 2. The zero-order valence-corrected chi connectivity index (χ0v) is 16.9. The molecule has 154 valence electrons. The van der Waals surface area contributed by atoms with Crippen molar-refractivity contribution >= 4 is 23.3 Å². The Balaban J connectivity index is 1.41. The van der Waals surface area contributed by atoms with Gasteiger partial charge >= 0.3 is 5.97 Å². The minimum Gasteiger partial charge on any atom is -0.465 e. The number of benzene rings is 2. The molecular weight excluding hydrogens is 390 g/mol. The summed E-state index contributed by atoms with van der Waals surface area (Å²) >= 11 is 0. The number of methoxy groups -OCH3 is 1. The first-order valence-electron chi connectivity index (χ1n) is 9.73. The van der Waals surface area contributed by atoms with Gasteiger partial charge in [-0.05, 0) is 54.1 Å². The summed E-state index contributed by atoms with van der Waals surface area (Å²) in [6.45, 7) is 0.623. The van der Waals surface area contributed by atoms with Gasteiger partial charge in [0.2, 0.25) is 5.95 Å². The Morgan fingerprint density at radius 1 is 0.968 bits per heavy atom. The molecule has 7 nitrogen and oxygen atoms in total. The van der Waals surface area contributed by atoms with Gasteiger partial charge in [0.1, 0.15) is 0 Å². The third kappa shape index (κ3) is 5.22. The van der Waals surface area contributed by atoms with Crippen molar-refractivity contribution in [2.24, 2.45) is 0 Å². The van der Waals surface area contributed by atoms with Crippen LogP contribution in [-0.4, -0.2) is 28.0 Å². The molecule has 4 aromatic rings. The number of hydrogen-bond acceptors (Lipinski definition) is 7. The molecule has 0 spiro atoms. The number of aromatic nitrogens is 3. The molecule has 0 aliphatic heterocycles. The van der Waals surface area contributed by atoms with Crippen molar-refractivity contribution in [1.29, 1.82) is 0 Å². The Morgan fingerprint density at radius 3 is 2.58 bits per heavy atom. The molecule has 0 radical (unpaired) electrons. The van der Waals surface area contributed by atoms with Crippen LogP contribution in [0.25, 0.3) is 11.3 Å². The van der Waals surface area contributed by atoms with Gasteiger partial charge in [0.25, 0.3) is 0 Å². The molecule has 2 aromatic carbocycles. The van der Waals surface area contributed by atoms with Gasteiger partial charge in [-0.15, -0.1) is 0 Å². The normalized spacial score (nSPS) is 10.4. The molecule has 0 aliphatic rings. The first-order valence-corrected chi connectivity index (χ1v) is 9.73. The summed E-state index contributed by atoms with van der Waals surface area (Å²) < 4.78 is 4.73. The van der Waals surface area contributed by atoms with E-state index in [0.717, 1.165) is 28.2 Å². The van der Waals surface area contributed by atoms with Crippen molar-refractivity contribution < 1.29 is 9.53 Å². The summed E-state index contributed by atoms with van der Waals surface area (Å²) in [7, 11) is 1.37. The molecule has 0 bridgehead atoms. The zero-order chi connectivity index (χ0) is 21.5. The summed E-state index contributed by atoms with van der Waals surface area (Å²) in [4.78, 5) is 24.6. The topological polar surface area (TPSA) is 89.0 Å². The first kappa shape index (κ1) is 20.0. The van der Waals surface area contributed by atoms with Crippen LogP contribution in [0.3, 0.4) is 0 Å². The highest BCUT2D eigenvalue weighted by atomic mass is 16.5. The van der Waals surface area contributed by atoms with E-state index in [1.807, 2.05) is 54.6 Å². The van der Waals surface area contributed by atoms with Gasteiger partial charge in [-0.2, -0.15) is 0 Å². The van der Waals surface area contributed by atoms with E-state index in [4.69, 9.17) is 4.74 Å². The number of esters is 1. The Morgan fingerprint density at radius 2 is 1.81 bits per heavy atom. The fourth-order valence-corrected chi connectivity index (χ4v) is 3.01. The number of hydrogen-bond donors (Lipinski definition) is 2. The fraction of sp³-hybridized carbons (Fsp3) is 0.0833. The van der Waals surface area contributed by atoms with E-state index < -0.39 is 0 Å². The largest absolute Gasteiger partial charge is 0.465 e. The number of carbonyl (C=O) groups is 1. The van der Waals surface area contributed by atoms with Gasteiger partial charge in [0, 0.05) is 42.1 Å². The lowest BCUT2D eigenvalue weighted by Gasteiger charge is -2.10. The molecule has 2 N–H and O–H groups in total. The molecule has 2 aromatic heterocycles. The predicted octanol–water partition coefficient (Wildman–Crippen LogP) is 4.68. The van der Waals surface area contributed by atoms with E-state index in [1.165, 1.54) is 7.11 Å². The molecule has 0 saturated heterocycles. The molecule has 2 heterocycles. The number of ether oxygens (including phenoxy) is 1. The number of rotatable bonds is 7. The summed E-state index contributed by atoms with van der Waals surface area (Å²) in [6, 6.07) is 20.9. The van der Waals surface area contributed by atoms with Crippen LogP contribution in [0.2, 0.25) is 0 Å². The lowest BCUT2D eigenvalue weighted by molar-refractivity contribution is 0.0600. The number of carbonyl (C=O) groups excluding carboxylic acids is 1. The fourth-order valence-electron chi connectivity index (χ4n) is 3.01. The smallest absolute Gasteiger partial charge is 0.337 e. The van der Waals surface area contributed by atoms with Crippen LogP contribution in [-0.2, 0) is 11.3 Å². The predicted molar refractivity (Wildman–Crippen MR) is 120 cm³/mol. The van der Waals surface area contributed by atoms with E-state index in [0.29, 0.717) is 18.1 Å². The maximum absolute atomic E-state index is 11.5. The van der Waals surface area contributed by atoms with Gasteiger partial charge < -0.3 is 15.4 Å². The van der Waals surface area contributed by atoms with Crippen LogP contribution in [0.4, 0.5) is 17.3 Å². The average molecular weight is 411 g/mol. The van der Waals surface area contributed by atoms with Gasteiger partial charge in [0.15, 0.2) is 0 Å². The summed E-state index contributed by atoms with van der Waals surface area (Å²) in [5.41, 5.74) is 5.14. The van der Waals surface area contributed by atoms with Crippen molar-refractivity contribution in [3.8, 4) is 11.3 Å². The minimum atomic E-state index is -0.340. The first-order chi connectivity index (χ1) is 15.2. The van der Waals surface area contributed by atoms with Gasteiger partial charge in [0.05, 0.1) is 18.4 Å². The van der Waals surface area contributed by atoms with Gasteiger partial charge in [-0.25, -0.2) is 14.8 Å². The van der Waals surface area contributed by atoms with E-state index in [2.05, 4.69) is 25.6 Å². The highest BCUT2D eigenvalue weighted by Gasteiger charge is 2.05. The molecule has 4 rings (SSSR count). The monoisotopic (exact) mass is 411 g/mol. The Bertz CT molecular complexity index is 1160. The summed E-state index contributed by atoms with van der Waals surface area (Å²) in [5.74, 6) is 0.171. The quantitative estimate of drug-likeness (QED) is 0.427. The van der Waals surface area contributed by atoms with Gasteiger partial charge in [-0.1, -0.05) is 18.2 Å². The molecule has 31 heavy (non-hydrogen) atoms. The van der Waals surface area contributed by atoms with E-state index in [-0.39, 0.29) is 5.97 Å². The SMILES string of the molecule is COC(=O)c1ccc(CNc2cccc(Nc3nccc(-c4cccnc4)n3)c2)cc1. The minimum absolute atomic E-state index is 0.340. The Hall–Kier alpha value is -4.26. The summed E-state index contributed by atoms with van der Waals surface area (Å²) in [6.07, 6.45) is 5.22. The molecule has 0 amide bonds. The van der Waals surface area contributed by atoms with Crippen LogP contribution in [0.15, 0.2) is 85.3 Å². The van der Waals surface area contributed by atoms with Crippen LogP contribution in [0.1, 0.15) is 15.9 Å². The van der Waals surface area contributed by atoms with Crippen molar-refractivity contribution in [3.05, 3.63) is 96.4 Å². The van der Waals surface area contributed by atoms with Crippen molar-refractivity contribution in [1.82, 2.24) is 15.0 Å². The van der Waals surface area contributed by atoms with Crippen molar-refractivity contribution in [2.45, 2.75) is 6.54 Å². The Labute approximate surface area is 180 Å². The standard InChI is InChI=1S/C24H21N5O2/c1-31-23(30)18-9-7-17(8-10-18)15-27-20-5-2-6-21(14-20)28-24-26-13-11-22(29-24)19-4-3-12-25-16-19/h2-14,16,27H,15H2,1H3,(H,26,28,29). The molecule has 0 unspecified atom stereocenters. The van der Waals surface area contributed by atoms with Crippen molar-refractivity contribution in [2.75, 3.05) is 17.7 Å². The zero-order valence-electron chi connectivity index (χ0n) is 16.9. The third-order valence-corrected chi connectivity index (χ3v) is 4.60. The lowest BCUT2D eigenvalue weighted by Crippen LogP contribution is -2.03. The Kier molecular flexibility index (Phi) is 6.13. The van der Waals surface area contributed by atoms with Gasteiger partial charge in [-0.3, -0.25) is 4.98 Å². The second kappa shape index (κ2) is 9.49. The summed E-state index contributed by atoms with van der Waals surface area (Å²) in [5, 5.41) is 6.63.